The molecule has 5 heteroatoms. The summed E-state index contributed by atoms with van der Waals surface area (Å²) in [7, 11) is 1.85. The van der Waals surface area contributed by atoms with Crippen molar-refractivity contribution >= 4 is 5.91 Å². The van der Waals surface area contributed by atoms with Gasteiger partial charge in [-0.1, -0.05) is 32.0 Å². The average Bonchev–Trinajstić information content (AvgIpc) is 3.05. The number of carbonyl (C=O) groups excluding carboxylic acids is 1. The predicted molar refractivity (Wildman–Crippen MR) is 83.7 cm³/mol. The maximum absolute atomic E-state index is 12.4. The number of H-pyrrole nitrogens is 1. The van der Waals surface area contributed by atoms with Gasteiger partial charge in [0.1, 0.15) is 11.9 Å². The molecule has 1 aromatic heterocycles. The average molecular weight is 299 g/mol. The third kappa shape index (κ3) is 2.47. The Hall–Kier alpha value is -2.30. The Morgan fingerprint density at radius 1 is 1.36 bits per heavy atom. The van der Waals surface area contributed by atoms with Crippen LogP contribution in [0.15, 0.2) is 42.7 Å². The first kappa shape index (κ1) is 14.6. The lowest BCUT2D eigenvalue weighted by atomic mass is 9.63. The van der Waals surface area contributed by atoms with Gasteiger partial charge in [0.15, 0.2) is 0 Å². The fourth-order valence-electron chi connectivity index (χ4n) is 3.10. The summed E-state index contributed by atoms with van der Waals surface area (Å²) in [6.07, 6.45) is 4.13. The van der Waals surface area contributed by atoms with Crippen LogP contribution in [-0.4, -0.2) is 40.2 Å². The Labute approximate surface area is 130 Å². The molecule has 0 aliphatic heterocycles. The van der Waals surface area contributed by atoms with Crippen molar-refractivity contribution in [2.75, 3.05) is 7.05 Å². The molecule has 2 aromatic rings. The molecule has 1 N–H and O–H groups in total. The summed E-state index contributed by atoms with van der Waals surface area (Å²) < 4.78 is 6.06. The van der Waals surface area contributed by atoms with Gasteiger partial charge in [-0.15, -0.1) is 0 Å². The number of ether oxygens (including phenoxy) is 1. The van der Waals surface area contributed by atoms with Crippen molar-refractivity contribution in [3.63, 3.8) is 0 Å². The Bertz CT molecular complexity index is 637. The number of para-hydroxylation sites is 1. The van der Waals surface area contributed by atoms with Crippen molar-refractivity contribution in [1.29, 1.82) is 0 Å². The molecule has 22 heavy (non-hydrogen) atoms. The number of amides is 1. The highest BCUT2D eigenvalue weighted by Crippen LogP contribution is 2.45. The Balaban J connectivity index is 1.67. The molecule has 1 fully saturated rings. The quantitative estimate of drug-likeness (QED) is 0.944. The molecule has 2 atom stereocenters. The van der Waals surface area contributed by atoms with Gasteiger partial charge in [0, 0.05) is 31.1 Å². The predicted octanol–water partition coefficient (Wildman–Crippen LogP) is 2.73. The largest absolute Gasteiger partial charge is 0.490 e. The smallest absolute Gasteiger partial charge is 0.257 e. The second-order valence-electron chi connectivity index (χ2n) is 6.40. The van der Waals surface area contributed by atoms with Crippen LogP contribution in [-0.2, 0) is 0 Å². The number of carbonyl (C=O) groups is 1. The van der Waals surface area contributed by atoms with E-state index in [1.807, 2.05) is 37.4 Å². The van der Waals surface area contributed by atoms with Crippen molar-refractivity contribution in [3.05, 3.63) is 48.3 Å². The van der Waals surface area contributed by atoms with Crippen molar-refractivity contribution in [1.82, 2.24) is 15.1 Å². The van der Waals surface area contributed by atoms with E-state index in [-0.39, 0.29) is 23.5 Å². The fourth-order valence-corrected chi connectivity index (χ4v) is 3.10. The minimum Gasteiger partial charge on any atom is -0.490 e. The molecule has 0 spiro atoms. The molecule has 5 nitrogen and oxygen atoms in total. The molecule has 0 saturated heterocycles. The second kappa shape index (κ2) is 5.48. The third-order valence-corrected chi connectivity index (χ3v) is 4.68. The van der Waals surface area contributed by atoms with Gasteiger partial charge in [-0.05, 0) is 12.1 Å². The molecule has 116 valence electrons. The molecule has 0 radical (unpaired) electrons. The van der Waals surface area contributed by atoms with E-state index in [0.717, 1.165) is 12.2 Å². The van der Waals surface area contributed by atoms with Gasteiger partial charge in [-0.3, -0.25) is 9.89 Å². The van der Waals surface area contributed by atoms with Gasteiger partial charge in [0.25, 0.3) is 5.91 Å². The maximum Gasteiger partial charge on any atom is 0.257 e. The standard InChI is InChI=1S/C17H21N3O2/c1-17(2)14(20(3)16(21)12-10-18-19-11-12)9-15(17)22-13-7-5-4-6-8-13/h4-8,10-11,14-15H,9H2,1-3H3,(H,18,19)/t14-,15+/m0/s1. The first-order valence-electron chi connectivity index (χ1n) is 7.48. The summed E-state index contributed by atoms with van der Waals surface area (Å²) in [6.45, 7) is 4.29. The number of hydrogen-bond acceptors (Lipinski definition) is 3. The van der Waals surface area contributed by atoms with Crippen LogP contribution in [0.3, 0.4) is 0 Å². The van der Waals surface area contributed by atoms with Crippen LogP contribution < -0.4 is 4.74 Å². The first-order valence-corrected chi connectivity index (χ1v) is 7.48. The van der Waals surface area contributed by atoms with E-state index in [2.05, 4.69) is 24.0 Å². The number of aromatic nitrogens is 2. The molecule has 1 aliphatic carbocycles. The van der Waals surface area contributed by atoms with Crippen LogP contribution in [0.5, 0.6) is 5.75 Å². The molecule has 1 aromatic carbocycles. The summed E-state index contributed by atoms with van der Waals surface area (Å²) in [6, 6.07) is 9.98. The van der Waals surface area contributed by atoms with Crippen molar-refractivity contribution in [2.24, 2.45) is 5.41 Å². The topological polar surface area (TPSA) is 58.2 Å². The summed E-state index contributed by atoms with van der Waals surface area (Å²) in [5.41, 5.74) is 0.495. The maximum atomic E-state index is 12.4. The lowest BCUT2D eigenvalue weighted by Crippen LogP contribution is -2.63. The zero-order valence-corrected chi connectivity index (χ0v) is 13.1. The van der Waals surface area contributed by atoms with Crippen LogP contribution in [0.1, 0.15) is 30.6 Å². The van der Waals surface area contributed by atoms with E-state index >= 15 is 0 Å². The monoisotopic (exact) mass is 299 g/mol. The minimum atomic E-state index is -0.0933. The second-order valence-corrected chi connectivity index (χ2v) is 6.40. The number of aromatic amines is 1. The highest BCUT2D eigenvalue weighted by atomic mass is 16.5. The molecule has 0 unspecified atom stereocenters. The molecule has 1 saturated carbocycles. The summed E-state index contributed by atoms with van der Waals surface area (Å²) >= 11 is 0. The molecule has 1 heterocycles. The fraction of sp³-hybridized carbons (Fsp3) is 0.412. The van der Waals surface area contributed by atoms with E-state index < -0.39 is 0 Å². The van der Waals surface area contributed by atoms with E-state index in [1.54, 1.807) is 17.3 Å². The first-order chi connectivity index (χ1) is 10.5. The molecule has 3 rings (SSSR count). The van der Waals surface area contributed by atoms with Gasteiger partial charge in [-0.25, -0.2) is 0 Å². The van der Waals surface area contributed by atoms with Crippen LogP contribution in [0.4, 0.5) is 0 Å². The van der Waals surface area contributed by atoms with Crippen LogP contribution in [0, 0.1) is 5.41 Å². The highest BCUT2D eigenvalue weighted by molar-refractivity contribution is 5.93. The van der Waals surface area contributed by atoms with Gasteiger partial charge >= 0.3 is 0 Å². The summed E-state index contributed by atoms with van der Waals surface area (Å²) in [4.78, 5) is 14.2. The number of nitrogens with zero attached hydrogens (tertiary/aromatic N) is 2. The zero-order chi connectivity index (χ0) is 15.7. The Morgan fingerprint density at radius 3 is 2.68 bits per heavy atom. The van der Waals surface area contributed by atoms with E-state index in [4.69, 9.17) is 4.74 Å². The van der Waals surface area contributed by atoms with Crippen LogP contribution >= 0.6 is 0 Å². The molecule has 0 bridgehead atoms. The number of rotatable bonds is 4. The van der Waals surface area contributed by atoms with Gasteiger partial charge in [0.2, 0.25) is 0 Å². The van der Waals surface area contributed by atoms with Gasteiger partial charge in [0.05, 0.1) is 11.8 Å². The lowest BCUT2D eigenvalue weighted by molar-refractivity contribution is -0.0886. The van der Waals surface area contributed by atoms with Gasteiger partial charge < -0.3 is 9.64 Å². The number of hydrogen-bond donors (Lipinski definition) is 1. The van der Waals surface area contributed by atoms with Crippen molar-refractivity contribution in [2.45, 2.75) is 32.4 Å². The SMILES string of the molecule is CN(C(=O)c1cn[nH]c1)[C@H]1C[C@@H](Oc2ccccc2)C1(C)C. The van der Waals surface area contributed by atoms with E-state index in [0.29, 0.717) is 5.56 Å². The number of benzene rings is 1. The number of nitrogens with one attached hydrogen (secondary N) is 1. The van der Waals surface area contributed by atoms with Crippen molar-refractivity contribution in [3.8, 4) is 5.75 Å². The molecular weight excluding hydrogens is 278 g/mol. The Kier molecular flexibility index (Phi) is 3.64. The van der Waals surface area contributed by atoms with E-state index in [1.165, 1.54) is 0 Å². The minimum absolute atomic E-state index is 0.00927. The normalized spacial score (nSPS) is 22.7. The highest BCUT2D eigenvalue weighted by Gasteiger charge is 2.53. The molecule has 1 aliphatic rings. The summed E-state index contributed by atoms with van der Waals surface area (Å²) in [5.74, 6) is 0.868. The molecule has 1 amide bonds. The van der Waals surface area contributed by atoms with Crippen LogP contribution in [0.2, 0.25) is 0 Å². The van der Waals surface area contributed by atoms with E-state index in [9.17, 15) is 4.79 Å². The molecular formula is C17H21N3O2. The van der Waals surface area contributed by atoms with Crippen LogP contribution in [0.25, 0.3) is 0 Å². The van der Waals surface area contributed by atoms with Crippen molar-refractivity contribution < 1.29 is 9.53 Å². The lowest BCUT2D eigenvalue weighted by Gasteiger charge is -2.54. The Morgan fingerprint density at radius 2 is 2.09 bits per heavy atom. The zero-order valence-electron chi connectivity index (χ0n) is 13.1. The third-order valence-electron chi connectivity index (χ3n) is 4.68. The summed E-state index contributed by atoms with van der Waals surface area (Å²) in [5, 5.41) is 6.52. The van der Waals surface area contributed by atoms with Gasteiger partial charge in [-0.2, -0.15) is 5.10 Å².